The third kappa shape index (κ3) is 7.73. The molecule has 6 heteroatoms. The SMILES string of the molecule is CCCNCCNC(=O)CCCNC(=O)c1ccc(F)cc1. The minimum Gasteiger partial charge on any atom is -0.355 e. The number of hydrogen-bond acceptors (Lipinski definition) is 3. The van der Waals surface area contributed by atoms with Gasteiger partial charge in [0, 0.05) is 31.6 Å². The molecule has 0 saturated heterocycles. The fourth-order valence-electron chi connectivity index (χ4n) is 1.83. The molecule has 22 heavy (non-hydrogen) atoms. The molecule has 0 radical (unpaired) electrons. The summed E-state index contributed by atoms with van der Waals surface area (Å²) in [4.78, 5) is 23.3. The molecule has 122 valence electrons. The lowest BCUT2D eigenvalue weighted by Crippen LogP contribution is -2.32. The Morgan fingerprint density at radius 3 is 2.41 bits per heavy atom. The summed E-state index contributed by atoms with van der Waals surface area (Å²) in [6.45, 7) is 4.83. The van der Waals surface area contributed by atoms with Gasteiger partial charge in [-0.1, -0.05) is 6.92 Å². The number of benzene rings is 1. The maximum atomic E-state index is 12.7. The highest BCUT2D eigenvalue weighted by atomic mass is 19.1. The fraction of sp³-hybridized carbons (Fsp3) is 0.500. The van der Waals surface area contributed by atoms with Gasteiger partial charge in [0.2, 0.25) is 5.91 Å². The highest BCUT2D eigenvalue weighted by Crippen LogP contribution is 2.02. The molecule has 1 aromatic carbocycles. The molecule has 0 saturated carbocycles. The van der Waals surface area contributed by atoms with Crippen molar-refractivity contribution in [3.63, 3.8) is 0 Å². The van der Waals surface area contributed by atoms with Crippen LogP contribution in [-0.2, 0) is 4.79 Å². The number of amides is 2. The van der Waals surface area contributed by atoms with Crippen molar-refractivity contribution in [1.82, 2.24) is 16.0 Å². The summed E-state index contributed by atoms with van der Waals surface area (Å²) in [5.74, 6) is -0.653. The van der Waals surface area contributed by atoms with Gasteiger partial charge in [0.15, 0.2) is 0 Å². The van der Waals surface area contributed by atoms with E-state index in [0.29, 0.717) is 31.5 Å². The Morgan fingerprint density at radius 2 is 1.73 bits per heavy atom. The first-order chi connectivity index (χ1) is 10.6. The van der Waals surface area contributed by atoms with Gasteiger partial charge >= 0.3 is 0 Å². The van der Waals surface area contributed by atoms with Gasteiger partial charge in [-0.05, 0) is 43.7 Å². The Kier molecular flexibility index (Phi) is 8.83. The van der Waals surface area contributed by atoms with Gasteiger partial charge in [-0.3, -0.25) is 9.59 Å². The quantitative estimate of drug-likeness (QED) is 0.573. The average Bonchev–Trinajstić information content (AvgIpc) is 2.52. The molecule has 0 aliphatic rings. The zero-order valence-corrected chi connectivity index (χ0v) is 13.0. The topological polar surface area (TPSA) is 70.2 Å². The van der Waals surface area contributed by atoms with Gasteiger partial charge in [-0.25, -0.2) is 4.39 Å². The Labute approximate surface area is 130 Å². The molecular weight excluding hydrogens is 285 g/mol. The number of hydrogen-bond donors (Lipinski definition) is 3. The standard InChI is InChI=1S/C16H24FN3O2/c1-2-9-18-11-12-19-15(21)4-3-10-20-16(22)13-5-7-14(17)8-6-13/h5-8,18H,2-4,9-12H2,1H3,(H,19,21)(H,20,22). The lowest BCUT2D eigenvalue weighted by molar-refractivity contribution is -0.121. The van der Waals surface area contributed by atoms with E-state index in [2.05, 4.69) is 22.9 Å². The molecule has 0 aliphatic carbocycles. The van der Waals surface area contributed by atoms with E-state index in [1.807, 2.05) is 0 Å². The maximum Gasteiger partial charge on any atom is 0.251 e. The summed E-state index contributed by atoms with van der Waals surface area (Å²) in [6, 6.07) is 5.35. The second-order valence-electron chi connectivity index (χ2n) is 4.97. The molecule has 3 N–H and O–H groups in total. The summed E-state index contributed by atoms with van der Waals surface area (Å²) in [5, 5.41) is 8.71. The van der Waals surface area contributed by atoms with E-state index in [-0.39, 0.29) is 17.6 Å². The molecule has 0 heterocycles. The van der Waals surface area contributed by atoms with Crippen molar-refractivity contribution in [2.24, 2.45) is 0 Å². The van der Waals surface area contributed by atoms with E-state index in [9.17, 15) is 14.0 Å². The minimum atomic E-state index is -0.373. The Morgan fingerprint density at radius 1 is 1.00 bits per heavy atom. The number of halogens is 1. The zero-order valence-electron chi connectivity index (χ0n) is 13.0. The monoisotopic (exact) mass is 309 g/mol. The molecule has 0 spiro atoms. The number of rotatable bonds is 10. The summed E-state index contributed by atoms with van der Waals surface area (Å²) in [7, 11) is 0. The highest BCUT2D eigenvalue weighted by Gasteiger charge is 2.05. The van der Waals surface area contributed by atoms with Crippen LogP contribution < -0.4 is 16.0 Å². The van der Waals surface area contributed by atoms with Gasteiger partial charge in [0.25, 0.3) is 5.91 Å². The first-order valence-corrected chi connectivity index (χ1v) is 7.64. The van der Waals surface area contributed by atoms with E-state index >= 15 is 0 Å². The van der Waals surface area contributed by atoms with Crippen molar-refractivity contribution < 1.29 is 14.0 Å². The predicted molar refractivity (Wildman–Crippen MR) is 84.1 cm³/mol. The summed E-state index contributed by atoms with van der Waals surface area (Å²) in [5.41, 5.74) is 0.410. The zero-order chi connectivity index (χ0) is 16.2. The molecule has 2 amide bonds. The smallest absolute Gasteiger partial charge is 0.251 e. The third-order valence-electron chi connectivity index (χ3n) is 3.02. The predicted octanol–water partition coefficient (Wildman–Crippen LogP) is 1.45. The molecule has 0 atom stereocenters. The average molecular weight is 309 g/mol. The minimum absolute atomic E-state index is 0.0191. The molecule has 0 unspecified atom stereocenters. The van der Waals surface area contributed by atoms with Crippen LogP contribution in [-0.4, -0.2) is 38.0 Å². The van der Waals surface area contributed by atoms with E-state index in [4.69, 9.17) is 0 Å². The normalized spacial score (nSPS) is 10.3. The molecule has 0 fully saturated rings. The lowest BCUT2D eigenvalue weighted by Gasteiger charge is -2.07. The Hall–Kier alpha value is -1.95. The van der Waals surface area contributed by atoms with Crippen LogP contribution in [0.1, 0.15) is 36.5 Å². The Bertz CT molecular complexity index is 463. The molecule has 0 aliphatic heterocycles. The maximum absolute atomic E-state index is 12.7. The number of carbonyl (C=O) groups excluding carboxylic acids is 2. The van der Waals surface area contributed by atoms with Crippen LogP contribution >= 0.6 is 0 Å². The lowest BCUT2D eigenvalue weighted by atomic mass is 10.2. The molecule has 1 rings (SSSR count). The molecule has 5 nitrogen and oxygen atoms in total. The van der Waals surface area contributed by atoms with Crippen molar-refractivity contribution in [3.05, 3.63) is 35.6 Å². The number of nitrogens with one attached hydrogen (secondary N) is 3. The highest BCUT2D eigenvalue weighted by molar-refractivity contribution is 5.94. The molecule has 0 bridgehead atoms. The second-order valence-corrected chi connectivity index (χ2v) is 4.97. The van der Waals surface area contributed by atoms with Crippen LogP contribution in [0.2, 0.25) is 0 Å². The fourth-order valence-corrected chi connectivity index (χ4v) is 1.83. The number of carbonyl (C=O) groups is 2. The summed E-state index contributed by atoms with van der Waals surface area (Å²) >= 11 is 0. The molecule has 1 aromatic rings. The van der Waals surface area contributed by atoms with Gasteiger partial charge < -0.3 is 16.0 Å². The van der Waals surface area contributed by atoms with Crippen LogP contribution in [0.15, 0.2) is 24.3 Å². The van der Waals surface area contributed by atoms with Crippen molar-refractivity contribution >= 4 is 11.8 Å². The Balaban J connectivity index is 2.08. The van der Waals surface area contributed by atoms with Crippen LogP contribution in [0.3, 0.4) is 0 Å². The van der Waals surface area contributed by atoms with E-state index in [1.54, 1.807) is 0 Å². The first kappa shape index (κ1) is 18.1. The summed E-state index contributed by atoms with van der Waals surface area (Å²) < 4.78 is 12.7. The van der Waals surface area contributed by atoms with Crippen molar-refractivity contribution in [3.8, 4) is 0 Å². The van der Waals surface area contributed by atoms with E-state index in [1.165, 1.54) is 24.3 Å². The van der Waals surface area contributed by atoms with Crippen LogP contribution in [0.4, 0.5) is 4.39 Å². The largest absolute Gasteiger partial charge is 0.355 e. The van der Waals surface area contributed by atoms with Crippen LogP contribution in [0.25, 0.3) is 0 Å². The molecular formula is C16H24FN3O2. The van der Waals surface area contributed by atoms with Crippen LogP contribution in [0, 0.1) is 5.82 Å². The van der Waals surface area contributed by atoms with E-state index < -0.39 is 0 Å². The van der Waals surface area contributed by atoms with Gasteiger partial charge in [0.1, 0.15) is 5.82 Å². The van der Waals surface area contributed by atoms with Gasteiger partial charge in [-0.15, -0.1) is 0 Å². The van der Waals surface area contributed by atoms with Gasteiger partial charge in [0.05, 0.1) is 0 Å². The van der Waals surface area contributed by atoms with Gasteiger partial charge in [-0.2, -0.15) is 0 Å². The third-order valence-corrected chi connectivity index (χ3v) is 3.02. The summed E-state index contributed by atoms with van der Waals surface area (Å²) in [6.07, 6.45) is 2.01. The van der Waals surface area contributed by atoms with Crippen LogP contribution in [0.5, 0.6) is 0 Å². The second kappa shape index (κ2) is 10.7. The van der Waals surface area contributed by atoms with Crippen molar-refractivity contribution in [1.29, 1.82) is 0 Å². The van der Waals surface area contributed by atoms with Crippen molar-refractivity contribution in [2.45, 2.75) is 26.2 Å². The first-order valence-electron chi connectivity index (χ1n) is 7.64. The molecule has 0 aromatic heterocycles. The van der Waals surface area contributed by atoms with Crippen molar-refractivity contribution in [2.75, 3.05) is 26.2 Å². The van der Waals surface area contributed by atoms with E-state index in [0.717, 1.165) is 19.5 Å².